The Balaban J connectivity index is 2.30. The fourth-order valence-electron chi connectivity index (χ4n) is 1.74. The third-order valence-electron chi connectivity index (χ3n) is 2.59. The number of hydrogen-bond acceptors (Lipinski definition) is 1. The molecule has 3 heteroatoms. The van der Waals surface area contributed by atoms with Crippen LogP contribution < -0.4 is 5.73 Å². The maximum Gasteiger partial charge on any atom is 0.248 e. The van der Waals surface area contributed by atoms with Crippen molar-refractivity contribution in [3.63, 3.8) is 0 Å². The van der Waals surface area contributed by atoms with Crippen LogP contribution >= 0.6 is 15.9 Å². The van der Waals surface area contributed by atoms with Gasteiger partial charge in [0.25, 0.3) is 0 Å². The van der Waals surface area contributed by atoms with Crippen molar-refractivity contribution in [2.75, 3.05) is 0 Å². The van der Waals surface area contributed by atoms with E-state index in [2.05, 4.69) is 15.9 Å². The number of halogens is 1. The lowest BCUT2D eigenvalue weighted by Gasteiger charge is -2.06. The quantitative estimate of drug-likeness (QED) is 0.927. The van der Waals surface area contributed by atoms with Crippen LogP contribution in [0.5, 0.6) is 0 Å². The summed E-state index contributed by atoms with van der Waals surface area (Å²) in [6.45, 7) is 0. The Morgan fingerprint density at radius 3 is 2.35 bits per heavy atom. The second-order valence-corrected chi connectivity index (χ2v) is 4.74. The minimum Gasteiger partial charge on any atom is -0.366 e. The summed E-state index contributed by atoms with van der Waals surface area (Å²) in [4.78, 5) is 11.3. The summed E-state index contributed by atoms with van der Waals surface area (Å²) in [5, 5.41) is 0. The maximum atomic E-state index is 11.3. The minimum absolute atomic E-state index is 0.377. The van der Waals surface area contributed by atoms with E-state index >= 15 is 0 Å². The molecule has 0 radical (unpaired) electrons. The highest BCUT2D eigenvalue weighted by atomic mass is 79.9. The molecule has 0 aromatic heterocycles. The number of nitrogens with two attached hydrogens (primary N) is 1. The first-order valence-electron chi connectivity index (χ1n) is 5.29. The van der Waals surface area contributed by atoms with Gasteiger partial charge in [-0.1, -0.05) is 46.3 Å². The molecule has 0 unspecified atom stereocenters. The predicted octanol–water partition coefficient (Wildman–Crippen LogP) is 3.14. The average Bonchev–Trinajstić information content (AvgIpc) is 2.32. The predicted molar refractivity (Wildman–Crippen MR) is 71.9 cm³/mol. The molecule has 2 rings (SSSR count). The molecule has 0 bridgehead atoms. The van der Waals surface area contributed by atoms with E-state index in [-0.39, 0.29) is 5.91 Å². The molecule has 0 aliphatic heterocycles. The van der Waals surface area contributed by atoms with Gasteiger partial charge in [-0.05, 0) is 35.7 Å². The van der Waals surface area contributed by atoms with Crippen LogP contribution in [0.15, 0.2) is 53.0 Å². The molecule has 1 amide bonds. The monoisotopic (exact) mass is 289 g/mol. The van der Waals surface area contributed by atoms with Crippen LogP contribution in [0.1, 0.15) is 21.5 Å². The first-order valence-corrected chi connectivity index (χ1v) is 6.08. The second kappa shape index (κ2) is 5.15. The van der Waals surface area contributed by atoms with Gasteiger partial charge in [-0.15, -0.1) is 0 Å². The van der Waals surface area contributed by atoms with E-state index in [0.29, 0.717) is 12.0 Å². The summed E-state index contributed by atoms with van der Waals surface area (Å²) >= 11 is 3.39. The summed E-state index contributed by atoms with van der Waals surface area (Å²) < 4.78 is 1.05. The Hall–Kier alpha value is -1.61. The SMILES string of the molecule is NC(=O)c1ccccc1Cc1ccc(Br)cc1. The van der Waals surface area contributed by atoms with Gasteiger partial charge in [0, 0.05) is 10.0 Å². The van der Waals surface area contributed by atoms with E-state index in [9.17, 15) is 4.79 Å². The minimum atomic E-state index is -0.377. The summed E-state index contributed by atoms with van der Waals surface area (Å²) in [6, 6.07) is 15.5. The number of benzene rings is 2. The van der Waals surface area contributed by atoms with Crippen LogP contribution in [0, 0.1) is 0 Å². The van der Waals surface area contributed by atoms with Crippen LogP contribution in [0.3, 0.4) is 0 Å². The van der Waals surface area contributed by atoms with Crippen molar-refractivity contribution in [1.82, 2.24) is 0 Å². The molecule has 0 aliphatic rings. The van der Waals surface area contributed by atoms with Gasteiger partial charge in [-0.25, -0.2) is 0 Å². The molecule has 2 nitrogen and oxygen atoms in total. The molecule has 0 saturated heterocycles. The van der Waals surface area contributed by atoms with Gasteiger partial charge in [-0.2, -0.15) is 0 Å². The van der Waals surface area contributed by atoms with E-state index in [1.807, 2.05) is 42.5 Å². The molecule has 0 aliphatic carbocycles. The zero-order chi connectivity index (χ0) is 12.3. The lowest BCUT2D eigenvalue weighted by atomic mass is 9.99. The van der Waals surface area contributed by atoms with Crippen LogP contribution in [-0.4, -0.2) is 5.91 Å². The van der Waals surface area contributed by atoms with Crippen LogP contribution in [-0.2, 0) is 6.42 Å². The molecule has 0 atom stereocenters. The number of hydrogen-bond donors (Lipinski definition) is 1. The molecule has 0 spiro atoms. The van der Waals surface area contributed by atoms with Crippen molar-refractivity contribution < 1.29 is 4.79 Å². The Labute approximate surface area is 109 Å². The molecule has 17 heavy (non-hydrogen) atoms. The largest absolute Gasteiger partial charge is 0.366 e. The van der Waals surface area contributed by atoms with Crippen LogP contribution in [0.4, 0.5) is 0 Å². The van der Waals surface area contributed by atoms with Crippen molar-refractivity contribution in [1.29, 1.82) is 0 Å². The van der Waals surface area contributed by atoms with E-state index in [4.69, 9.17) is 5.73 Å². The fraction of sp³-hybridized carbons (Fsp3) is 0.0714. The maximum absolute atomic E-state index is 11.3. The fourth-order valence-corrected chi connectivity index (χ4v) is 2.00. The number of primary amides is 1. The van der Waals surface area contributed by atoms with E-state index in [0.717, 1.165) is 15.6 Å². The summed E-state index contributed by atoms with van der Waals surface area (Å²) in [6.07, 6.45) is 0.715. The zero-order valence-electron chi connectivity index (χ0n) is 9.19. The lowest BCUT2D eigenvalue weighted by Crippen LogP contribution is -2.13. The van der Waals surface area contributed by atoms with E-state index in [1.54, 1.807) is 6.07 Å². The summed E-state index contributed by atoms with van der Waals surface area (Å²) in [5.74, 6) is -0.377. The summed E-state index contributed by atoms with van der Waals surface area (Å²) in [5.41, 5.74) is 8.05. The molecular formula is C14H12BrNO. The molecule has 2 aromatic rings. The van der Waals surface area contributed by atoms with Crippen LogP contribution in [0.25, 0.3) is 0 Å². The van der Waals surface area contributed by atoms with Gasteiger partial charge in [0.2, 0.25) is 5.91 Å². The molecular weight excluding hydrogens is 278 g/mol. The van der Waals surface area contributed by atoms with Crippen molar-refractivity contribution >= 4 is 21.8 Å². The average molecular weight is 290 g/mol. The number of rotatable bonds is 3. The molecule has 0 saturated carbocycles. The third kappa shape index (κ3) is 2.94. The van der Waals surface area contributed by atoms with Gasteiger partial charge in [0.15, 0.2) is 0 Å². The third-order valence-corrected chi connectivity index (χ3v) is 3.12. The van der Waals surface area contributed by atoms with Gasteiger partial charge in [-0.3, -0.25) is 4.79 Å². The smallest absolute Gasteiger partial charge is 0.248 e. The second-order valence-electron chi connectivity index (χ2n) is 3.82. The molecule has 86 valence electrons. The Morgan fingerprint density at radius 2 is 1.71 bits per heavy atom. The Kier molecular flexibility index (Phi) is 3.59. The van der Waals surface area contributed by atoms with E-state index < -0.39 is 0 Å². The van der Waals surface area contributed by atoms with Crippen molar-refractivity contribution in [3.8, 4) is 0 Å². The van der Waals surface area contributed by atoms with Gasteiger partial charge < -0.3 is 5.73 Å². The molecule has 0 fully saturated rings. The first kappa shape index (κ1) is 11.9. The molecule has 2 aromatic carbocycles. The normalized spacial score (nSPS) is 10.2. The molecule has 2 N–H and O–H groups in total. The standard InChI is InChI=1S/C14H12BrNO/c15-12-7-5-10(6-8-12)9-11-3-1-2-4-13(11)14(16)17/h1-8H,9H2,(H2,16,17). The molecule has 0 heterocycles. The highest BCUT2D eigenvalue weighted by molar-refractivity contribution is 9.10. The zero-order valence-corrected chi connectivity index (χ0v) is 10.8. The van der Waals surface area contributed by atoms with Crippen molar-refractivity contribution in [2.45, 2.75) is 6.42 Å². The van der Waals surface area contributed by atoms with Crippen molar-refractivity contribution in [3.05, 3.63) is 69.7 Å². The Bertz CT molecular complexity index is 534. The highest BCUT2D eigenvalue weighted by Crippen LogP contribution is 2.16. The number of carbonyl (C=O) groups is 1. The van der Waals surface area contributed by atoms with Gasteiger partial charge >= 0.3 is 0 Å². The van der Waals surface area contributed by atoms with Crippen molar-refractivity contribution in [2.24, 2.45) is 5.73 Å². The highest BCUT2D eigenvalue weighted by Gasteiger charge is 2.07. The summed E-state index contributed by atoms with van der Waals surface area (Å²) in [7, 11) is 0. The van der Waals surface area contributed by atoms with Gasteiger partial charge in [0.05, 0.1) is 0 Å². The van der Waals surface area contributed by atoms with E-state index in [1.165, 1.54) is 0 Å². The Morgan fingerprint density at radius 1 is 1.06 bits per heavy atom. The van der Waals surface area contributed by atoms with Gasteiger partial charge in [0.1, 0.15) is 0 Å². The number of carbonyl (C=O) groups excluding carboxylic acids is 1. The number of amides is 1. The lowest BCUT2D eigenvalue weighted by molar-refractivity contribution is 0.0999. The van der Waals surface area contributed by atoms with Crippen LogP contribution in [0.2, 0.25) is 0 Å². The topological polar surface area (TPSA) is 43.1 Å². The first-order chi connectivity index (χ1) is 8.16.